The molecule has 1 saturated heterocycles. The summed E-state index contributed by atoms with van der Waals surface area (Å²) in [4.78, 5) is 58.2. The van der Waals surface area contributed by atoms with Crippen LogP contribution in [0.15, 0.2) is 60.8 Å². The first-order valence-corrected chi connectivity index (χ1v) is 15.1. The third kappa shape index (κ3) is 8.69. The molecule has 9 heteroatoms. The molecule has 43 heavy (non-hydrogen) atoms. The number of para-hydroxylation sites is 1. The summed E-state index contributed by atoms with van der Waals surface area (Å²) >= 11 is 0. The fraction of sp³-hybridized carbons (Fsp3) is 0.471. The van der Waals surface area contributed by atoms with Crippen LogP contribution in [0.25, 0.3) is 10.9 Å². The highest BCUT2D eigenvalue weighted by atomic mass is 16.6. The minimum absolute atomic E-state index is 0.105. The Bertz CT molecular complexity index is 1420. The van der Waals surface area contributed by atoms with Gasteiger partial charge in [-0.1, -0.05) is 62.4 Å². The van der Waals surface area contributed by atoms with Gasteiger partial charge in [-0.25, -0.2) is 4.79 Å². The fourth-order valence-corrected chi connectivity index (χ4v) is 5.57. The molecule has 1 aromatic heterocycles. The highest BCUT2D eigenvalue weighted by Crippen LogP contribution is 2.24. The molecule has 3 N–H and O–H groups in total. The van der Waals surface area contributed by atoms with Crippen LogP contribution in [-0.2, 0) is 20.7 Å². The highest BCUT2D eigenvalue weighted by Gasteiger charge is 2.34. The van der Waals surface area contributed by atoms with Crippen molar-refractivity contribution in [1.29, 1.82) is 0 Å². The van der Waals surface area contributed by atoms with Crippen LogP contribution < -0.4 is 10.6 Å². The summed E-state index contributed by atoms with van der Waals surface area (Å²) in [5.74, 6) is -0.520. The van der Waals surface area contributed by atoms with E-state index in [1.807, 2.05) is 74.6 Å². The molecule has 0 spiro atoms. The van der Waals surface area contributed by atoms with Gasteiger partial charge in [-0.05, 0) is 57.6 Å². The van der Waals surface area contributed by atoms with Crippen LogP contribution in [0.3, 0.4) is 0 Å². The normalized spacial score (nSPS) is 15.6. The molecule has 0 radical (unpaired) electrons. The first-order chi connectivity index (χ1) is 20.4. The van der Waals surface area contributed by atoms with E-state index in [1.54, 1.807) is 25.7 Å². The lowest BCUT2D eigenvalue weighted by Crippen LogP contribution is -2.56. The number of alkyl carbamates (subject to hydrolysis) is 1. The predicted octanol–water partition coefficient (Wildman–Crippen LogP) is 5.26. The van der Waals surface area contributed by atoms with Crippen LogP contribution in [0, 0.1) is 11.8 Å². The molecule has 1 aliphatic heterocycles. The Hall–Kier alpha value is -4.14. The van der Waals surface area contributed by atoms with E-state index in [4.69, 9.17) is 4.74 Å². The zero-order valence-electron chi connectivity index (χ0n) is 25.8. The zero-order chi connectivity index (χ0) is 31.1. The van der Waals surface area contributed by atoms with Crippen LogP contribution in [0.1, 0.15) is 69.8 Å². The predicted molar refractivity (Wildman–Crippen MR) is 167 cm³/mol. The molecule has 2 atom stereocenters. The van der Waals surface area contributed by atoms with Crippen LogP contribution in [-0.4, -0.2) is 64.3 Å². The van der Waals surface area contributed by atoms with Crippen molar-refractivity contribution in [2.24, 2.45) is 11.8 Å². The number of carbonyl (C=O) groups excluding carboxylic acids is 4. The molecular weight excluding hydrogens is 544 g/mol. The van der Waals surface area contributed by atoms with E-state index in [0.717, 1.165) is 16.5 Å². The van der Waals surface area contributed by atoms with Gasteiger partial charge in [0.15, 0.2) is 5.78 Å². The Kier molecular flexibility index (Phi) is 10.3. The average molecular weight is 589 g/mol. The molecule has 0 unspecified atom stereocenters. The number of ketones is 1. The van der Waals surface area contributed by atoms with Crippen LogP contribution in [0.2, 0.25) is 0 Å². The number of aromatic amines is 1. The summed E-state index contributed by atoms with van der Waals surface area (Å²) in [6.07, 6.45) is 2.93. The molecule has 3 aromatic rings. The number of hydrogen-bond donors (Lipinski definition) is 3. The van der Waals surface area contributed by atoms with E-state index in [-0.39, 0.29) is 29.9 Å². The van der Waals surface area contributed by atoms with Crippen molar-refractivity contribution < 1.29 is 23.9 Å². The zero-order valence-corrected chi connectivity index (χ0v) is 25.8. The molecule has 2 heterocycles. The number of nitrogens with one attached hydrogen (secondary N) is 3. The minimum atomic E-state index is -0.967. The van der Waals surface area contributed by atoms with E-state index in [1.165, 1.54) is 0 Å². The van der Waals surface area contributed by atoms with Crippen molar-refractivity contribution in [3.63, 3.8) is 0 Å². The first kappa shape index (κ1) is 31.8. The lowest BCUT2D eigenvalue weighted by molar-refractivity contribution is -0.138. The number of hydrogen-bond acceptors (Lipinski definition) is 5. The Balaban J connectivity index is 1.47. The maximum Gasteiger partial charge on any atom is 0.408 e. The van der Waals surface area contributed by atoms with E-state index in [9.17, 15) is 19.2 Å². The van der Waals surface area contributed by atoms with Gasteiger partial charge in [-0.2, -0.15) is 0 Å². The third-order valence-corrected chi connectivity index (χ3v) is 7.66. The SMILES string of the molecule is CC(C)C[C@H](NC(=O)[C@H](Cc1c[nH]c2ccccc12)NC(=O)OC(C)(C)C)C(=O)N1CCC(C(=O)c2ccccc2)CC1. The number of carbonyl (C=O) groups is 4. The monoisotopic (exact) mass is 588 g/mol. The smallest absolute Gasteiger partial charge is 0.408 e. The molecule has 9 nitrogen and oxygen atoms in total. The molecule has 3 amide bonds. The summed E-state index contributed by atoms with van der Waals surface area (Å²) in [5.41, 5.74) is 1.74. The molecule has 0 saturated carbocycles. The van der Waals surface area contributed by atoms with Crippen LogP contribution in [0.5, 0.6) is 0 Å². The minimum Gasteiger partial charge on any atom is -0.444 e. The second-order valence-electron chi connectivity index (χ2n) is 12.8. The average Bonchev–Trinajstić information content (AvgIpc) is 3.37. The standard InChI is InChI=1S/C34H44N4O5/c1-22(2)19-29(32(41)38-17-15-24(16-18-38)30(39)23-11-7-6-8-12-23)36-31(40)28(37-33(42)43-34(3,4)5)20-25-21-35-27-14-10-9-13-26(25)27/h6-14,21-22,24,28-29,35H,15-20H2,1-5H3,(H,36,40)(H,37,42)/t28-,29-/m0/s1. The Morgan fingerprint density at radius 1 is 0.930 bits per heavy atom. The van der Waals surface area contributed by atoms with Crippen molar-refractivity contribution in [2.45, 2.75) is 78.0 Å². The van der Waals surface area contributed by atoms with Gasteiger partial charge in [0, 0.05) is 48.1 Å². The number of benzene rings is 2. The molecule has 0 aliphatic carbocycles. The summed E-state index contributed by atoms with van der Waals surface area (Å²) < 4.78 is 5.46. The van der Waals surface area contributed by atoms with Gasteiger partial charge < -0.3 is 25.3 Å². The summed E-state index contributed by atoms with van der Waals surface area (Å²) in [7, 11) is 0. The number of ether oxygens (including phenoxy) is 1. The molecule has 1 fully saturated rings. The largest absolute Gasteiger partial charge is 0.444 e. The Morgan fingerprint density at radius 3 is 2.23 bits per heavy atom. The third-order valence-electron chi connectivity index (χ3n) is 7.66. The number of likely N-dealkylation sites (tertiary alicyclic amines) is 1. The summed E-state index contributed by atoms with van der Waals surface area (Å²) in [6.45, 7) is 10.2. The van der Waals surface area contributed by atoms with Gasteiger partial charge in [0.05, 0.1) is 0 Å². The number of amides is 3. The number of piperidine rings is 1. The molecule has 1 aliphatic rings. The first-order valence-electron chi connectivity index (χ1n) is 15.1. The van der Waals surface area contributed by atoms with Crippen molar-refractivity contribution in [3.05, 3.63) is 71.9 Å². The number of H-pyrrole nitrogens is 1. The number of nitrogens with zero attached hydrogens (tertiary/aromatic N) is 1. The molecule has 0 bridgehead atoms. The maximum atomic E-state index is 13.8. The van der Waals surface area contributed by atoms with Gasteiger partial charge >= 0.3 is 6.09 Å². The number of fused-ring (bicyclic) bond motifs is 1. The molecule has 230 valence electrons. The highest BCUT2D eigenvalue weighted by molar-refractivity contribution is 5.98. The van der Waals surface area contributed by atoms with Crippen molar-refractivity contribution in [2.75, 3.05) is 13.1 Å². The van der Waals surface area contributed by atoms with E-state index in [0.29, 0.717) is 37.9 Å². The number of rotatable bonds is 10. The molecule has 2 aromatic carbocycles. The van der Waals surface area contributed by atoms with E-state index >= 15 is 0 Å². The molecule has 4 rings (SSSR count). The topological polar surface area (TPSA) is 121 Å². The number of Topliss-reactive ketones (excluding diaryl/α,β-unsaturated/α-hetero) is 1. The summed E-state index contributed by atoms with van der Waals surface area (Å²) in [6, 6.07) is 15.3. The van der Waals surface area contributed by atoms with Crippen molar-refractivity contribution in [3.8, 4) is 0 Å². The summed E-state index contributed by atoms with van der Waals surface area (Å²) in [5, 5.41) is 6.65. The molecular formula is C34H44N4O5. The van der Waals surface area contributed by atoms with Crippen LogP contribution >= 0.6 is 0 Å². The van der Waals surface area contributed by atoms with E-state index < -0.39 is 29.7 Å². The van der Waals surface area contributed by atoms with Crippen molar-refractivity contribution >= 4 is 34.6 Å². The van der Waals surface area contributed by atoms with Gasteiger partial charge in [-0.15, -0.1) is 0 Å². The van der Waals surface area contributed by atoms with E-state index in [2.05, 4.69) is 15.6 Å². The Labute approximate surface area is 253 Å². The van der Waals surface area contributed by atoms with Crippen molar-refractivity contribution in [1.82, 2.24) is 20.5 Å². The quantitative estimate of drug-likeness (QED) is 0.279. The van der Waals surface area contributed by atoms with Crippen LogP contribution in [0.4, 0.5) is 4.79 Å². The lowest BCUT2D eigenvalue weighted by atomic mass is 9.88. The maximum absolute atomic E-state index is 13.8. The van der Waals surface area contributed by atoms with Gasteiger partial charge in [-0.3, -0.25) is 14.4 Å². The Morgan fingerprint density at radius 2 is 1.58 bits per heavy atom. The van der Waals surface area contributed by atoms with Gasteiger partial charge in [0.1, 0.15) is 17.7 Å². The second-order valence-corrected chi connectivity index (χ2v) is 12.8. The lowest BCUT2D eigenvalue weighted by Gasteiger charge is -2.35. The second kappa shape index (κ2) is 13.9. The number of aromatic nitrogens is 1. The van der Waals surface area contributed by atoms with Gasteiger partial charge in [0.2, 0.25) is 11.8 Å². The van der Waals surface area contributed by atoms with Gasteiger partial charge in [0.25, 0.3) is 0 Å². The fourth-order valence-electron chi connectivity index (χ4n) is 5.57.